The van der Waals surface area contributed by atoms with Crippen LogP contribution in [0, 0.1) is 11.3 Å². The Morgan fingerprint density at radius 1 is 1.57 bits per heavy atom. The number of halogens is 3. The minimum absolute atomic E-state index is 0.178. The molecular formula is C10H11Br2ClS. The van der Waals surface area contributed by atoms with Crippen LogP contribution in [-0.2, 0) is 0 Å². The van der Waals surface area contributed by atoms with Crippen LogP contribution >= 0.6 is 54.8 Å². The SMILES string of the molecule is CC1(C)CC1C(Cl)c1cc(Br)c(Br)s1. The summed E-state index contributed by atoms with van der Waals surface area (Å²) in [4.78, 5) is 1.26. The van der Waals surface area contributed by atoms with E-state index in [0.717, 1.165) is 8.26 Å². The lowest BCUT2D eigenvalue weighted by molar-refractivity contribution is 0.551. The van der Waals surface area contributed by atoms with Crippen molar-refractivity contribution in [2.75, 3.05) is 0 Å². The van der Waals surface area contributed by atoms with E-state index in [1.165, 1.54) is 11.3 Å². The minimum Gasteiger partial charge on any atom is -0.130 e. The molecule has 1 fully saturated rings. The first-order valence-corrected chi connectivity index (χ1v) is 7.34. The zero-order chi connectivity index (χ0) is 10.5. The second kappa shape index (κ2) is 3.76. The summed E-state index contributed by atoms with van der Waals surface area (Å²) in [5.41, 5.74) is 0.440. The van der Waals surface area contributed by atoms with Crippen LogP contribution in [0.15, 0.2) is 14.3 Å². The minimum atomic E-state index is 0.178. The number of hydrogen-bond acceptors (Lipinski definition) is 1. The lowest BCUT2D eigenvalue weighted by Crippen LogP contribution is -1.96. The lowest BCUT2D eigenvalue weighted by Gasteiger charge is -2.08. The molecule has 0 N–H and O–H groups in total. The molecule has 0 radical (unpaired) electrons. The first-order chi connectivity index (χ1) is 6.42. The van der Waals surface area contributed by atoms with Crippen LogP contribution in [0.4, 0.5) is 0 Å². The van der Waals surface area contributed by atoms with Gasteiger partial charge >= 0.3 is 0 Å². The van der Waals surface area contributed by atoms with E-state index in [0.29, 0.717) is 11.3 Å². The molecule has 0 spiro atoms. The molecule has 2 unspecified atom stereocenters. The Morgan fingerprint density at radius 2 is 2.14 bits per heavy atom. The first kappa shape index (κ1) is 11.4. The van der Waals surface area contributed by atoms with E-state index in [2.05, 4.69) is 51.8 Å². The van der Waals surface area contributed by atoms with Gasteiger partial charge in [-0.2, -0.15) is 0 Å². The summed E-state index contributed by atoms with van der Waals surface area (Å²) in [7, 11) is 0. The maximum Gasteiger partial charge on any atom is 0.0843 e. The second-order valence-electron chi connectivity index (χ2n) is 4.47. The zero-order valence-corrected chi connectivity index (χ0v) is 12.7. The van der Waals surface area contributed by atoms with Crippen LogP contribution in [0.5, 0.6) is 0 Å². The van der Waals surface area contributed by atoms with E-state index >= 15 is 0 Å². The summed E-state index contributed by atoms with van der Waals surface area (Å²) in [6.45, 7) is 4.56. The van der Waals surface area contributed by atoms with E-state index in [4.69, 9.17) is 11.6 Å². The van der Waals surface area contributed by atoms with Crippen molar-refractivity contribution in [1.82, 2.24) is 0 Å². The molecule has 1 saturated carbocycles. The molecule has 1 aliphatic rings. The molecule has 78 valence electrons. The van der Waals surface area contributed by atoms with Crippen molar-refractivity contribution < 1.29 is 0 Å². The average molecular weight is 359 g/mol. The molecule has 14 heavy (non-hydrogen) atoms. The standard InChI is InChI=1S/C10H11Br2ClS/c1-10(2)4-5(10)8(13)7-3-6(11)9(12)14-7/h3,5,8H,4H2,1-2H3. The molecule has 0 nitrogen and oxygen atoms in total. The van der Waals surface area contributed by atoms with Gasteiger partial charge in [-0.25, -0.2) is 0 Å². The predicted octanol–water partition coefficient (Wildman–Crippen LogP) is 5.60. The van der Waals surface area contributed by atoms with E-state index in [1.54, 1.807) is 11.3 Å². The van der Waals surface area contributed by atoms with Crippen molar-refractivity contribution in [2.45, 2.75) is 25.6 Å². The Hall–Kier alpha value is 0.950. The molecule has 4 heteroatoms. The second-order valence-corrected chi connectivity index (χ2v) is 8.20. The molecule has 0 bridgehead atoms. The third-order valence-corrected chi connectivity index (χ3v) is 6.89. The molecule has 2 atom stereocenters. The normalized spacial score (nSPS) is 26.2. The van der Waals surface area contributed by atoms with Crippen LogP contribution in [0.3, 0.4) is 0 Å². The quantitative estimate of drug-likeness (QED) is 0.604. The molecule has 1 heterocycles. The number of alkyl halides is 1. The topological polar surface area (TPSA) is 0 Å². The van der Waals surface area contributed by atoms with Gasteiger partial charge in [0.1, 0.15) is 0 Å². The van der Waals surface area contributed by atoms with Gasteiger partial charge in [0.25, 0.3) is 0 Å². The molecule has 0 aliphatic heterocycles. The molecule has 0 saturated heterocycles. The van der Waals surface area contributed by atoms with Crippen molar-refractivity contribution in [2.24, 2.45) is 11.3 Å². The molecule has 0 amide bonds. The Bertz CT molecular complexity index is 340. The fourth-order valence-corrected chi connectivity index (χ4v) is 4.46. The zero-order valence-electron chi connectivity index (χ0n) is 7.98. The smallest absolute Gasteiger partial charge is 0.0843 e. The van der Waals surface area contributed by atoms with Crippen molar-refractivity contribution in [3.63, 3.8) is 0 Å². The van der Waals surface area contributed by atoms with E-state index in [-0.39, 0.29) is 5.38 Å². The summed E-state index contributed by atoms with van der Waals surface area (Å²) in [5.74, 6) is 0.640. The molecule has 1 aliphatic carbocycles. The lowest BCUT2D eigenvalue weighted by atomic mass is 10.1. The van der Waals surface area contributed by atoms with Gasteiger partial charge in [-0.1, -0.05) is 13.8 Å². The van der Waals surface area contributed by atoms with Gasteiger partial charge in [0.15, 0.2) is 0 Å². The van der Waals surface area contributed by atoms with Gasteiger partial charge in [0.2, 0.25) is 0 Å². The van der Waals surface area contributed by atoms with E-state index < -0.39 is 0 Å². The highest BCUT2D eigenvalue weighted by molar-refractivity contribution is 9.13. The van der Waals surface area contributed by atoms with Crippen molar-refractivity contribution in [3.05, 3.63) is 19.2 Å². The van der Waals surface area contributed by atoms with Crippen molar-refractivity contribution in [3.8, 4) is 0 Å². The van der Waals surface area contributed by atoms with Crippen LogP contribution in [0.25, 0.3) is 0 Å². The Balaban J connectivity index is 2.16. The summed E-state index contributed by atoms with van der Waals surface area (Å²) in [6.07, 6.45) is 1.24. The number of rotatable bonds is 2. The highest BCUT2D eigenvalue weighted by Gasteiger charge is 2.50. The summed E-state index contributed by atoms with van der Waals surface area (Å²) in [6, 6.07) is 2.13. The highest BCUT2D eigenvalue weighted by Crippen LogP contribution is 2.61. The van der Waals surface area contributed by atoms with Crippen LogP contribution < -0.4 is 0 Å². The number of hydrogen-bond donors (Lipinski definition) is 0. The van der Waals surface area contributed by atoms with Crippen molar-refractivity contribution in [1.29, 1.82) is 0 Å². The highest BCUT2D eigenvalue weighted by atomic mass is 79.9. The monoisotopic (exact) mass is 356 g/mol. The van der Waals surface area contributed by atoms with Gasteiger partial charge in [-0.05, 0) is 55.7 Å². The van der Waals surface area contributed by atoms with Crippen molar-refractivity contribution >= 4 is 54.8 Å². The van der Waals surface area contributed by atoms with Crippen LogP contribution in [0.2, 0.25) is 0 Å². The maximum atomic E-state index is 6.44. The Kier molecular flexibility index (Phi) is 3.07. The van der Waals surface area contributed by atoms with E-state index in [9.17, 15) is 0 Å². The van der Waals surface area contributed by atoms with Crippen LogP contribution in [-0.4, -0.2) is 0 Å². The fraction of sp³-hybridized carbons (Fsp3) is 0.600. The summed E-state index contributed by atoms with van der Waals surface area (Å²) >= 11 is 15.2. The number of thiophene rings is 1. The maximum absolute atomic E-state index is 6.44. The summed E-state index contributed by atoms with van der Waals surface area (Å²) < 4.78 is 2.25. The van der Waals surface area contributed by atoms with E-state index in [1.807, 2.05) is 0 Å². The molecule has 2 rings (SSSR count). The van der Waals surface area contributed by atoms with Gasteiger partial charge in [0, 0.05) is 9.35 Å². The largest absolute Gasteiger partial charge is 0.130 e. The van der Waals surface area contributed by atoms with Crippen LogP contribution in [0.1, 0.15) is 30.5 Å². The van der Waals surface area contributed by atoms with Gasteiger partial charge < -0.3 is 0 Å². The average Bonchev–Trinajstić information content (AvgIpc) is 2.59. The van der Waals surface area contributed by atoms with Gasteiger partial charge in [-0.15, -0.1) is 22.9 Å². The predicted molar refractivity (Wildman–Crippen MR) is 70.2 cm³/mol. The molecule has 1 aromatic heterocycles. The molecular weight excluding hydrogens is 347 g/mol. The third-order valence-electron chi connectivity index (χ3n) is 2.88. The fourth-order valence-electron chi connectivity index (χ4n) is 1.70. The first-order valence-electron chi connectivity index (χ1n) is 4.50. The van der Waals surface area contributed by atoms with Gasteiger partial charge in [0.05, 0.1) is 9.16 Å². The Labute approximate surface area is 110 Å². The molecule has 0 aromatic carbocycles. The summed E-state index contributed by atoms with van der Waals surface area (Å²) in [5, 5.41) is 0.178. The Morgan fingerprint density at radius 3 is 2.50 bits per heavy atom. The third kappa shape index (κ3) is 2.06. The van der Waals surface area contributed by atoms with Gasteiger partial charge in [-0.3, -0.25) is 0 Å². The molecule has 1 aromatic rings.